The molecule has 1 rings (SSSR count). The molecule has 0 amide bonds. The highest BCUT2D eigenvalue weighted by Crippen LogP contribution is 2.33. The molecule has 3 heteroatoms. The summed E-state index contributed by atoms with van der Waals surface area (Å²) >= 11 is 1.90. The van der Waals surface area contributed by atoms with Gasteiger partial charge in [0.1, 0.15) is 11.5 Å². The van der Waals surface area contributed by atoms with Gasteiger partial charge in [0.25, 0.3) is 0 Å². The predicted molar refractivity (Wildman–Crippen MR) is 67.2 cm³/mol. The Morgan fingerprint density at radius 1 is 1.40 bits per heavy atom. The smallest absolute Gasteiger partial charge is 0.118 e. The van der Waals surface area contributed by atoms with E-state index in [4.69, 9.17) is 10.2 Å². The highest BCUT2D eigenvalue weighted by molar-refractivity contribution is 7.99. The van der Waals surface area contributed by atoms with Crippen LogP contribution in [0.25, 0.3) is 0 Å². The zero-order valence-corrected chi connectivity index (χ0v) is 10.6. The normalized spacial score (nSPS) is 15.2. The first kappa shape index (κ1) is 12.7. The molecule has 1 heterocycles. The van der Waals surface area contributed by atoms with Crippen LogP contribution in [0, 0.1) is 6.92 Å². The van der Waals surface area contributed by atoms with Crippen LogP contribution in [-0.4, -0.2) is 11.8 Å². The van der Waals surface area contributed by atoms with Crippen LogP contribution in [0.3, 0.4) is 0 Å². The lowest BCUT2D eigenvalue weighted by Crippen LogP contribution is -2.25. The summed E-state index contributed by atoms with van der Waals surface area (Å²) in [5.74, 6) is 3.13. The van der Waals surface area contributed by atoms with Gasteiger partial charge in [-0.15, -0.1) is 11.8 Å². The third kappa shape index (κ3) is 3.58. The molecule has 0 aromatic carbocycles. The number of thioether (sulfide) groups is 1. The molecule has 86 valence electrons. The topological polar surface area (TPSA) is 39.2 Å². The second-order valence-electron chi connectivity index (χ2n) is 3.81. The molecule has 15 heavy (non-hydrogen) atoms. The van der Waals surface area contributed by atoms with Gasteiger partial charge in [-0.25, -0.2) is 0 Å². The lowest BCUT2D eigenvalue weighted by Gasteiger charge is -2.20. The van der Waals surface area contributed by atoms with Crippen molar-refractivity contribution in [3.05, 3.63) is 23.7 Å². The Hall–Kier alpha value is -0.410. The first-order chi connectivity index (χ1) is 7.19. The van der Waals surface area contributed by atoms with Gasteiger partial charge in [0, 0.05) is 6.04 Å². The van der Waals surface area contributed by atoms with Crippen LogP contribution in [0.5, 0.6) is 0 Å². The monoisotopic (exact) mass is 227 g/mol. The molecule has 2 nitrogen and oxygen atoms in total. The van der Waals surface area contributed by atoms with Crippen molar-refractivity contribution in [2.45, 2.75) is 44.9 Å². The van der Waals surface area contributed by atoms with E-state index in [-0.39, 0.29) is 6.04 Å². The molecule has 2 atom stereocenters. The summed E-state index contributed by atoms with van der Waals surface area (Å²) in [7, 11) is 0. The van der Waals surface area contributed by atoms with Gasteiger partial charge in [-0.1, -0.05) is 13.8 Å². The average Bonchev–Trinajstić information content (AvgIpc) is 2.65. The Morgan fingerprint density at radius 3 is 2.60 bits per heavy atom. The number of furan rings is 1. The van der Waals surface area contributed by atoms with Crippen LogP contribution in [0.15, 0.2) is 16.5 Å². The second kappa shape index (κ2) is 6.23. The van der Waals surface area contributed by atoms with E-state index in [0.717, 1.165) is 23.7 Å². The summed E-state index contributed by atoms with van der Waals surface area (Å²) in [5.41, 5.74) is 6.12. The van der Waals surface area contributed by atoms with Crippen molar-refractivity contribution in [2.24, 2.45) is 5.73 Å². The molecule has 0 fully saturated rings. The summed E-state index contributed by atoms with van der Waals surface area (Å²) in [6, 6.07) is 4.25. The van der Waals surface area contributed by atoms with Gasteiger partial charge in [0.2, 0.25) is 0 Å². The fourth-order valence-electron chi connectivity index (χ4n) is 1.48. The highest BCUT2D eigenvalue weighted by atomic mass is 32.2. The molecule has 0 aliphatic rings. The maximum atomic E-state index is 6.12. The molecule has 1 aromatic heterocycles. The fraction of sp³-hybridized carbons (Fsp3) is 0.667. The molecular weight excluding hydrogens is 206 g/mol. The molecule has 0 saturated carbocycles. The standard InChI is InChI=1S/C12H21NOS/c1-4-8-15-12(10(13)5-2)11-7-6-9(3)14-11/h6-7,10,12H,4-5,8,13H2,1-3H3. The molecule has 0 bridgehead atoms. The van der Waals surface area contributed by atoms with Crippen LogP contribution in [-0.2, 0) is 0 Å². The fourth-order valence-corrected chi connectivity index (χ4v) is 2.70. The maximum absolute atomic E-state index is 6.12. The first-order valence-corrected chi connectivity index (χ1v) is 6.67. The van der Waals surface area contributed by atoms with E-state index in [1.807, 2.05) is 24.8 Å². The Bertz CT molecular complexity index is 285. The van der Waals surface area contributed by atoms with Crippen molar-refractivity contribution in [2.75, 3.05) is 5.75 Å². The lowest BCUT2D eigenvalue weighted by atomic mass is 10.1. The summed E-state index contributed by atoms with van der Waals surface area (Å²) in [4.78, 5) is 0. The second-order valence-corrected chi connectivity index (χ2v) is 5.06. The molecule has 1 aromatic rings. The van der Waals surface area contributed by atoms with Gasteiger partial charge in [0.05, 0.1) is 5.25 Å². The van der Waals surface area contributed by atoms with E-state index in [1.165, 1.54) is 6.42 Å². The van der Waals surface area contributed by atoms with Crippen LogP contribution in [0.4, 0.5) is 0 Å². The minimum absolute atomic E-state index is 0.187. The molecule has 2 N–H and O–H groups in total. The minimum Gasteiger partial charge on any atom is -0.465 e. The Morgan fingerprint density at radius 2 is 2.13 bits per heavy atom. The molecule has 2 unspecified atom stereocenters. The largest absolute Gasteiger partial charge is 0.465 e. The third-order valence-electron chi connectivity index (χ3n) is 2.40. The molecular formula is C12H21NOS. The number of nitrogens with two attached hydrogens (primary N) is 1. The van der Waals surface area contributed by atoms with Crippen LogP contribution >= 0.6 is 11.8 Å². The van der Waals surface area contributed by atoms with Gasteiger partial charge in [-0.05, 0) is 37.7 Å². The van der Waals surface area contributed by atoms with Gasteiger partial charge < -0.3 is 10.2 Å². The third-order valence-corrected chi connectivity index (χ3v) is 3.99. The first-order valence-electron chi connectivity index (χ1n) is 5.62. The summed E-state index contributed by atoms with van der Waals surface area (Å²) in [6.45, 7) is 6.29. The lowest BCUT2D eigenvalue weighted by molar-refractivity contribution is 0.454. The van der Waals surface area contributed by atoms with E-state index >= 15 is 0 Å². The molecule has 0 radical (unpaired) electrons. The van der Waals surface area contributed by atoms with Crippen LogP contribution < -0.4 is 5.73 Å². The highest BCUT2D eigenvalue weighted by Gasteiger charge is 2.21. The van der Waals surface area contributed by atoms with Gasteiger partial charge in [-0.3, -0.25) is 0 Å². The SMILES string of the molecule is CCCSC(c1ccc(C)o1)C(N)CC. The maximum Gasteiger partial charge on any atom is 0.118 e. The van der Waals surface area contributed by atoms with E-state index in [1.54, 1.807) is 0 Å². The number of aryl methyl sites for hydroxylation is 1. The minimum atomic E-state index is 0.187. The van der Waals surface area contributed by atoms with Crippen LogP contribution in [0.2, 0.25) is 0 Å². The van der Waals surface area contributed by atoms with Crippen molar-refractivity contribution in [1.29, 1.82) is 0 Å². The van der Waals surface area contributed by atoms with Gasteiger partial charge in [-0.2, -0.15) is 0 Å². The van der Waals surface area contributed by atoms with Crippen molar-refractivity contribution >= 4 is 11.8 Å². The predicted octanol–water partition coefficient (Wildman–Crippen LogP) is 3.51. The molecule has 0 aliphatic carbocycles. The van der Waals surface area contributed by atoms with E-state index in [9.17, 15) is 0 Å². The van der Waals surface area contributed by atoms with Crippen molar-refractivity contribution in [3.63, 3.8) is 0 Å². The number of hydrogen-bond donors (Lipinski definition) is 1. The Labute approximate surface area is 96.6 Å². The van der Waals surface area contributed by atoms with Gasteiger partial charge in [0.15, 0.2) is 0 Å². The van der Waals surface area contributed by atoms with Crippen molar-refractivity contribution in [1.82, 2.24) is 0 Å². The molecule has 0 spiro atoms. The Balaban J connectivity index is 2.71. The summed E-state index contributed by atoms with van der Waals surface area (Å²) < 4.78 is 5.66. The molecule has 0 saturated heterocycles. The quantitative estimate of drug-likeness (QED) is 0.808. The van der Waals surface area contributed by atoms with Crippen molar-refractivity contribution < 1.29 is 4.42 Å². The summed E-state index contributed by atoms with van der Waals surface area (Å²) in [6.07, 6.45) is 2.17. The molecule has 0 aliphatic heterocycles. The zero-order valence-electron chi connectivity index (χ0n) is 9.82. The summed E-state index contributed by atoms with van der Waals surface area (Å²) in [5, 5.41) is 0.309. The zero-order chi connectivity index (χ0) is 11.3. The number of rotatable bonds is 6. The Kier molecular flexibility index (Phi) is 5.26. The van der Waals surface area contributed by atoms with E-state index in [2.05, 4.69) is 19.9 Å². The average molecular weight is 227 g/mol. The van der Waals surface area contributed by atoms with Crippen LogP contribution in [0.1, 0.15) is 43.5 Å². The van der Waals surface area contributed by atoms with E-state index in [0.29, 0.717) is 5.25 Å². The number of hydrogen-bond acceptors (Lipinski definition) is 3. The van der Waals surface area contributed by atoms with Gasteiger partial charge >= 0.3 is 0 Å². The van der Waals surface area contributed by atoms with Crippen molar-refractivity contribution in [3.8, 4) is 0 Å². The van der Waals surface area contributed by atoms with E-state index < -0.39 is 0 Å².